The fourth-order valence-corrected chi connectivity index (χ4v) is 11.1. The molecular formula is C68H46N2O2. The predicted octanol–water partition coefficient (Wildman–Crippen LogP) is 19.8. The van der Waals surface area contributed by atoms with E-state index in [-0.39, 0.29) is 0 Å². The van der Waals surface area contributed by atoms with E-state index < -0.39 is 0 Å². The number of para-hydroxylation sites is 6. The van der Waals surface area contributed by atoms with Gasteiger partial charge in [-0.15, -0.1) is 0 Å². The van der Waals surface area contributed by atoms with Gasteiger partial charge in [-0.3, -0.25) is 0 Å². The van der Waals surface area contributed by atoms with Crippen molar-refractivity contribution in [1.29, 1.82) is 0 Å². The largest absolute Gasteiger partial charge is 0.455 e. The minimum absolute atomic E-state index is 0.899. The van der Waals surface area contributed by atoms with Gasteiger partial charge in [0.15, 0.2) is 0 Å². The Balaban J connectivity index is 0.951. The van der Waals surface area contributed by atoms with Gasteiger partial charge in [-0.1, -0.05) is 169 Å². The molecule has 4 nitrogen and oxygen atoms in total. The molecule has 0 spiro atoms. The zero-order chi connectivity index (χ0) is 47.9. The summed E-state index contributed by atoms with van der Waals surface area (Å²) in [5.41, 5.74) is 16.9. The highest BCUT2D eigenvalue weighted by atomic mass is 16.3. The second kappa shape index (κ2) is 16.6. The molecule has 0 radical (unpaired) electrons. The normalized spacial score (nSPS) is 11.8. The summed E-state index contributed by atoms with van der Waals surface area (Å²) in [6.45, 7) is 4.38. The van der Waals surface area contributed by atoms with Crippen molar-refractivity contribution in [3.63, 3.8) is 0 Å². The van der Waals surface area contributed by atoms with Gasteiger partial charge in [0.2, 0.25) is 0 Å². The summed E-state index contributed by atoms with van der Waals surface area (Å²) in [4.78, 5) is 4.84. The maximum atomic E-state index is 6.50. The zero-order valence-electron chi connectivity index (χ0n) is 39.8. The first kappa shape index (κ1) is 41.6. The van der Waals surface area contributed by atoms with Gasteiger partial charge < -0.3 is 18.6 Å². The molecule has 0 bridgehead atoms. The number of hydrogen-bond donors (Lipinski definition) is 0. The Hall–Kier alpha value is -9.38. The molecule has 0 aliphatic heterocycles. The molecule has 0 unspecified atom stereocenters. The molecule has 0 N–H and O–H groups in total. The van der Waals surface area contributed by atoms with Crippen LogP contribution in [0.3, 0.4) is 0 Å². The predicted molar refractivity (Wildman–Crippen MR) is 303 cm³/mol. The van der Waals surface area contributed by atoms with Crippen molar-refractivity contribution < 1.29 is 8.83 Å². The number of nitrogens with zero attached hydrogens (tertiary/aromatic N) is 2. The van der Waals surface area contributed by atoms with Gasteiger partial charge in [0.1, 0.15) is 22.3 Å². The highest BCUT2D eigenvalue weighted by Gasteiger charge is 2.23. The smallest absolute Gasteiger partial charge is 0.143 e. The maximum absolute atomic E-state index is 6.50. The standard InChI is InChI=1S/C68H46N2O2/c1-43-27-37-53-59-42-64(70(48-17-7-4-8-18-48)50-35-31-46(32-36-50)52-22-14-24-58-56-20-10-12-26-66(56)72-68(52)58)62-40-44(2)28-38-54(62)60(59)41-63(61(53)39-43)69(47-15-5-3-6-16-47)49-33-29-45(30-34-49)51-21-13-23-57-55-19-9-11-25-65(55)71-67(51)57/h3-42H,1-2H3. The van der Waals surface area contributed by atoms with Crippen molar-refractivity contribution in [2.24, 2.45) is 0 Å². The van der Waals surface area contributed by atoms with Gasteiger partial charge in [-0.25, -0.2) is 0 Å². The lowest BCUT2D eigenvalue weighted by molar-refractivity contribution is 0.669. The number of fused-ring (bicyclic) bond motifs is 11. The van der Waals surface area contributed by atoms with Crippen LogP contribution in [-0.2, 0) is 0 Å². The van der Waals surface area contributed by atoms with Crippen molar-refractivity contribution in [2.45, 2.75) is 13.8 Å². The van der Waals surface area contributed by atoms with Crippen molar-refractivity contribution in [3.8, 4) is 22.3 Å². The number of furan rings is 2. The van der Waals surface area contributed by atoms with Crippen LogP contribution in [0.5, 0.6) is 0 Å². The molecule has 0 aliphatic rings. The fourth-order valence-electron chi connectivity index (χ4n) is 11.1. The number of anilines is 6. The molecule has 12 aromatic carbocycles. The lowest BCUT2D eigenvalue weighted by Crippen LogP contribution is -2.12. The Morgan fingerprint density at radius 3 is 1.07 bits per heavy atom. The highest BCUT2D eigenvalue weighted by Crippen LogP contribution is 2.49. The molecule has 4 heteroatoms. The molecule has 2 aromatic heterocycles. The van der Waals surface area contributed by atoms with E-state index in [0.717, 1.165) is 100 Å². The summed E-state index contributed by atoms with van der Waals surface area (Å²) >= 11 is 0. The van der Waals surface area contributed by atoms with Crippen LogP contribution in [0, 0.1) is 13.8 Å². The van der Waals surface area contributed by atoms with Crippen molar-refractivity contribution in [1.82, 2.24) is 0 Å². The Kier molecular flexibility index (Phi) is 9.62. The van der Waals surface area contributed by atoms with Gasteiger partial charge in [0, 0.05) is 66.2 Å². The van der Waals surface area contributed by atoms with Crippen molar-refractivity contribution >= 4 is 110 Å². The third-order valence-corrected chi connectivity index (χ3v) is 14.5. The second-order valence-electron chi connectivity index (χ2n) is 19.0. The third-order valence-electron chi connectivity index (χ3n) is 14.5. The SMILES string of the molecule is Cc1ccc2c(c1)c(N(c1ccccc1)c1ccc(-c3cccc4c3oc3ccccc34)cc1)cc1c3ccc(C)cc3c(N(c3ccccc3)c3ccc(-c4cccc5c4oc4ccccc45)cc3)cc21. The number of hydrogen-bond acceptors (Lipinski definition) is 4. The van der Waals surface area contributed by atoms with Gasteiger partial charge in [-0.05, 0) is 131 Å². The quantitative estimate of drug-likeness (QED) is 0.142. The van der Waals surface area contributed by atoms with E-state index in [9.17, 15) is 0 Å². The first-order chi connectivity index (χ1) is 35.5. The second-order valence-corrected chi connectivity index (χ2v) is 19.0. The van der Waals surface area contributed by atoms with Crippen LogP contribution >= 0.6 is 0 Å². The third kappa shape index (κ3) is 6.75. The molecule has 0 saturated carbocycles. The molecule has 14 rings (SSSR count). The molecule has 0 atom stereocenters. The molecule has 72 heavy (non-hydrogen) atoms. The summed E-state index contributed by atoms with van der Waals surface area (Å²) in [6.07, 6.45) is 0. The number of aryl methyl sites for hydroxylation is 2. The van der Waals surface area contributed by atoms with Crippen LogP contribution in [-0.4, -0.2) is 0 Å². The van der Waals surface area contributed by atoms with E-state index in [0.29, 0.717) is 0 Å². The average Bonchev–Trinajstić information content (AvgIpc) is 4.01. The molecule has 0 amide bonds. The van der Waals surface area contributed by atoms with Gasteiger partial charge in [0.05, 0.1) is 11.4 Å². The summed E-state index contributed by atoms with van der Waals surface area (Å²) in [6, 6.07) is 87.6. The Labute approximate surface area is 416 Å². The zero-order valence-corrected chi connectivity index (χ0v) is 39.8. The van der Waals surface area contributed by atoms with Crippen LogP contribution in [0.4, 0.5) is 34.1 Å². The molecule has 340 valence electrons. The molecule has 0 aliphatic carbocycles. The molecular weight excluding hydrogens is 877 g/mol. The van der Waals surface area contributed by atoms with Gasteiger partial charge >= 0.3 is 0 Å². The minimum Gasteiger partial charge on any atom is -0.455 e. The van der Waals surface area contributed by atoms with Crippen LogP contribution < -0.4 is 9.80 Å². The Morgan fingerprint density at radius 2 is 0.639 bits per heavy atom. The molecule has 2 heterocycles. The van der Waals surface area contributed by atoms with Crippen molar-refractivity contribution in [2.75, 3.05) is 9.80 Å². The number of rotatable bonds is 8. The van der Waals surface area contributed by atoms with E-state index >= 15 is 0 Å². The van der Waals surface area contributed by atoms with E-state index in [1.807, 2.05) is 24.3 Å². The molecule has 14 aromatic rings. The average molecular weight is 923 g/mol. The van der Waals surface area contributed by atoms with Crippen LogP contribution in [0.1, 0.15) is 11.1 Å². The summed E-state index contributed by atoms with van der Waals surface area (Å²) in [5.74, 6) is 0. The van der Waals surface area contributed by atoms with Gasteiger partial charge in [-0.2, -0.15) is 0 Å². The first-order valence-electron chi connectivity index (χ1n) is 24.6. The van der Waals surface area contributed by atoms with Gasteiger partial charge in [0.25, 0.3) is 0 Å². The molecule has 0 fully saturated rings. The molecule has 0 saturated heterocycles. The number of benzene rings is 12. The minimum atomic E-state index is 0.899. The topological polar surface area (TPSA) is 32.8 Å². The van der Waals surface area contributed by atoms with Crippen LogP contribution in [0.15, 0.2) is 251 Å². The Morgan fingerprint density at radius 1 is 0.264 bits per heavy atom. The maximum Gasteiger partial charge on any atom is 0.143 e. The summed E-state index contributed by atoms with van der Waals surface area (Å²) in [7, 11) is 0. The van der Waals surface area contributed by atoms with E-state index in [1.54, 1.807) is 0 Å². The summed E-state index contributed by atoms with van der Waals surface area (Å²) in [5, 5.41) is 11.6. The van der Waals surface area contributed by atoms with Crippen LogP contribution in [0.2, 0.25) is 0 Å². The van der Waals surface area contributed by atoms with Crippen LogP contribution in [0.25, 0.3) is 98.4 Å². The summed E-state index contributed by atoms with van der Waals surface area (Å²) < 4.78 is 13.0. The van der Waals surface area contributed by atoms with E-state index in [4.69, 9.17) is 8.83 Å². The lowest BCUT2D eigenvalue weighted by atomic mass is 9.92. The lowest BCUT2D eigenvalue weighted by Gasteiger charge is -2.30. The monoisotopic (exact) mass is 922 g/mol. The van der Waals surface area contributed by atoms with Crippen molar-refractivity contribution in [3.05, 3.63) is 254 Å². The van der Waals surface area contributed by atoms with E-state index in [1.165, 1.54) is 43.4 Å². The highest BCUT2D eigenvalue weighted by molar-refractivity contribution is 6.25. The Bertz CT molecular complexity index is 4110. The first-order valence-corrected chi connectivity index (χ1v) is 24.6. The van der Waals surface area contributed by atoms with E-state index in [2.05, 4.69) is 242 Å². The fraction of sp³-hybridized carbons (Fsp3) is 0.0294.